The number of unbranched alkanes of at least 4 members (excludes halogenated alkanes) is 13. The van der Waals surface area contributed by atoms with E-state index in [9.17, 15) is 0 Å². The van der Waals surface area contributed by atoms with Gasteiger partial charge < -0.3 is 0 Å². The predicted molar refractivity (Wildman–Crippen MR) is 102 cm³/mol. The predicted octanol–water partition coefficient (Wildman–Crippen LogP) is 6.35. The van der Waals surface area contributed by atoms with Crippen LogP contribution >= 0.6 is 0 Å². The molecule has 0 unspecified atom stereocenters. The number of H-pyrrole nitrogens is 1. The largest absolute Gasteiger partial charge is 0.180 e. The quantitative estimate of drug-likeness (QED) is 0.358. The number of nitrogens with one attached hydrogen (secondary N) is 1. The minimum absolute atomic E-state index is 0.0458. The second-order valence-corrected chi connectivity index (χ2v) is 7.97. The Morgan fingerprint density at radius 1 is 0.708 bits per heavy atom. The Kier molecular flexibility index (Phi) is 11.8. The van der Waals surface area contributed by atoms with Gasteiger partial charge >= 0.3 is 0 Å². The molecule has 4 heteroatoms. The maximum Gasteiger partial charge on any atom is 0.180 e. The van der Waals surface area contributed by atoms with Crippen molar-refractivity contribution in [2.24, 2.45) is 0 Å². The highest BCUT2D eigenvalue weighted by Crippen LogP contribution is 2.26. The van der Waals surface area contributed by atoms with Crippen LogP contribution in [0.15, 0.2) is 0 Å². The number of hydrogen-bond donors (Lipinski definition) is 1. The van der Waals surface area contributed by atoms with Crippen molar-refractivity contribution in [1.82, 2.24) is 20.6 Å². The van der Waals surface area contributed by atoms with E-state index in [1.54, 1.807) is 0 Å². The number of aromatic amines is 1. The zero-order chi connectivity index (χ0) is 17.5. The van der Waals surface area contributed by atoms with Gasteiger partial charge in [0.1, 0.15) is 0 Å². The van der Waals surface area contributed by atoms with Crippen molar-refractivity contribution in [2.75, 3.05) is 0 Å². The lowest BCUT2D eigenvalue weighted by Crippen LogP contribution is -2.19. The van der Waals surface area contributed by atoms with Crippen LogP contribution in [0.4, 0.5) is 0 Å². The van der Waals surface area contributed by atoms with Gasteiger partial charge in [0.2, 0.25) is 0 Å². The number of aromatic nitrogens is 4. The van der Waals surface area contributed by atoms with Gasteiger partial charge in [-0.05, 0) is 6.42 Å². The average molecular weight is 337 g/mol. The highest BCUT2D eigenvalue weighted by Gasteiger charge is 2.24. The van der Waals surface area contributed by atoms with Crippen LogP contribution < -0.4 is 0 Å². The molecule has 0 amide bonds. The van der Waals surface area contributed by atoms with Gasteiger partial charge in [0, 0.05) is 5.41 Å². The van der Waals surface area contributed by atoms with Gasteiger partial charge in [-0.25, -0.2) is 0 Å². The summed E-state index contributed by atoms with van der Waals surface area (Å²) in [4.78, 5) is 0. The molecular formula is C20H40N4. The monoisotopic (exact) mass is 336 g/mol. The van der Waals surface area contributed by atoms with Gasteiger partial charge in [-0.15, -0.1) is 10.2 Å². The average Bonchev–Trinajstić information content (AvgIpc) is 3.10. The van der Waals surface area contributed by atoms with Gasteiger partial charge in [0.25, 0.3) is 0 Å². The maximum absolute atomic E-state index is 4.13. The molecule has 1 N–H and O–H groups in total. The smallest absolute Gasteiger partial charge is 0.177 e. The first kappa shape index (κ1) is 21.1. The summed E-state index contributed by atoms with van der Waals surface area (Å²) >= 11 is 0. The van der Waals surface area contributed by atoms with Crippen molar-refractivity contribution >= 4 is 0 Å². The Morgan fingerprint density at radius 3 is 1.58 bits per heavy atom. The molecule has 0 aromatic carbocycles. The van der Waals surface area contributed by atoms with Crippen LogP contribution in [0.3, 0.4) is 0 Å². The van der Waals surface area contributed by atoms with Crippen molar-refractivity contribution in [2.45, 2.75) is 122 Å². The van der Waals surface area contributed by atoms with Crippen LogP contribution in [0.2, 0.25) is 0 Å². The zero-order valence-electron chi connectivity index (χ0n) is 16.4. The van der Waals surface area contributed by atoms with Crippen LogP contribution in [0, 0.1) is 0 Å². The van der Waals surface area contributed by atoms with Crippen LogP contribution in [0.1, 0.15) is 123 Å². The molecule has 0 radical (unpaired) electrons. The first-order valence-corrected chi connectivity index (χ1v) is 10.4. The molecule has 24 heavy (non-hydrogen) atoms. The molecule has 0 atom stereocenters. The number of nitrogens with zero attached hydrogens (tertiary/aromatic N) is 3. The summed E-state index contributed by atoms with van der Waals surface area (Å²) in [7, 11) is 0. The van der Waals surface area contributed by atoms with E-state index in [1.807, 2.05) is 0 Å². The molecular weight excluding hydrogens is 296 g/mol. The first-order valence-electron chi connectivity index (χ1n) is 10.4. The normalized spacial score (nSPS) is 12.0. The van der Waals surface area contributed by atoms with Crippen molar-refractivity contribution in [3.63, 3.8) is 0 Å². The SMILES string of the molecule is CCCCCCCCCCCCCCCCC(C)(C)c1nn[nH]n1. The molecule has 1 aromatic heterocycles. The second-order valence-electron chi connectivity index (χ2n) is 7.97. The third-order valence-electron chi connectivity index (χ3n) is 5.11. The molecule has 0 saturated heterocycles. The standard InChI is InChI=1S/C20H40N4/c1-4-5-6-7-8-9-10-11-12-13-14-15-16-17-18-20(2,3)19-21-23-24-22-19/h4-18H2,1-3H3,(H,21,22,23,24). The van der Waals surface area contributed by atoms with Gasteiger partial charge in [-0.2, -0.15) is 5.21 Å². The van der Waals surface area contributed by atoms with Crippen molar-refractivity contribution in [1.29, 1.82) is 0 Å². The highest BCUT2D eigenvalue weighted by atomic mass is 15.5. The number of hydrogen-bond acceptors (Lipinski definition) is 3. The van der Waals surface area contributed by atoms with E-state index < -0.39 is 0 Å². The molecule has 0 aliphatic carbocycles. The third kappa shape index (κ3) is 10.0. The van der Waals surface area contributed by atoms with Crippen LogP contribution in [-0.2, 0) is 5.41 Å². The lowest BCUT2D eigenvalue weighted by atomic mass is 9.86. The van der Waals surface area contributed by atoms with Crippen LogP contribution in [0.25, 0.3) is 0 Å². The molecule has 0 aliphatic rings. The highest BCUT2D eigenvalue weighted by molar-refractivity contribution is 4.98. The Labute approximate surface area is 149 Å². The maximum atomic E-state index is 4.13. The number of tetrazole rings is 1. The minimum Gasteiger partial charge on any atom is -0.177 e. The Hall–Kier alpha value is -0.930. The van der Waals surface area contributed by atoms with Crippen molar-refractivity contribution < 1.29 is 0 Å². The minimum atomic E-state index is 0.0458. The molecule has 4 nitrogen and oxygen atoms in total. The van der Waals surface area contributed by atoms with E-state index in [2.05, 4.69) is 41.4 Å². The zero-order valence-corrected chi connectivity index (χ0v) is 16.4. The molecule has 140 valence electrons. The second kappa shape index (κ2) is 13.4. The first-order chi connectivity index (χ1) is 11.7. The van der Waals surface area contributed by atoms with E-state index in [-0.39, 0.29) is 5.41 Å². The van der Waals surface area contributed by atoms with E-state index in [0.717, 1.165) is 12.2 Å². The molecule has 0 aliphatic heterocycles. The summed E-state index contributed by atoms with van der Waals surface area (Å²) in [6.07, 6.45) is 20.8. The fourth-order valence-electron chi connectivity index (χ4n) is 3.32. The summed E-state index contributed by atoms with van der Waals surface area (Å²) in [5, 5.41) is 14.5. The summed E-state index contributed by atoms with van der Waals surface area (Å²) in [5.74, 6) is 0.845. The lowest BCUT2D eigenvalue weighted by molar-refractivity contribution is 0.419. The Morgan fingerprint density at radius 2 is 1.17 bits per heavy atom. The van der Waals surface area contributed by atoms with E-state index >= 15 is 0 Å². The van der Waals surface area contributed by atoms with Crippen LogP contribution in [0.5, 0.6) is 0 Å². The Balaban J connectivity index is 1.82. The summed E-state index contributed by atoms with van der Waals surface area (Å²) in [5.41, 5.74) is 0.0458. The Bertz CT molecular complexity index is 373. The van der Waals surface area contributed by atoms with Gasteiger partial charge in [0.15, 0.2) is 5.82 Å². The third-order valence-corrected chi connectivity index (χ3v) is 5.11. The molecule has 1 aromatic rings. The van der Waals surface area contributed by atoms with Crippen LogP contribution in [-0.4, -0.2) is 20.6 Å². The molecule has 0 bridgehead atoms. The molecule has 1 rings (SSSR count). The molecule has 0 spiro atoms. The van der Waals surface area contributed by atoms with E-state index in [4.69, 9.17) is 0 Å². The summed E-state index contributed by atoms with van der Waals surface area (Å²) in [6, 6.07) is 0. The summed E-state index contributed by atoms with van der Waals surface area (Å²) < 4.78 is 0. The van der Waals surface area contributed by atoms with E-state index in [0.29, 0.717) is 0 Å². The number of rotatable bonds is 16. The molecule has 0 saturated carbocycles. The fourth-order valence-corrected chi connectivity index (χ4v) is 3.32. The van der Waals surface area contributed by atoms with Crippen molar-refractivity contribution in [3.05, 3.63) is 5.82 Å². The molecule has 1 heterocycles. The fraction of sp³-hybridized carbons (Fsp3) is 0.950. The molecule has 0 fully saturated rings. The lowest BCUT2D eigenvalue weighted by Gasteiger charge is -2.19. The van der Waals surface area contributed by atoms with Gasteiger partial charge in [0.05, 0.1) is 0 Å². The van der Waals surface area contributed by atoms with Gasteiger partial charge in [-0.3, -0.25) is 0 Å². The summed E-state index contributed by atoms with van der Waals surface area (Å²) in [6.45, 7) is 6.70. The topological polar surface area (TPSA) is 54.5 Å². The van der Waals surface area contributed by atoms with E-state index in [1.165, 1.54) is 89.9 Å². The van der Waals surface area contributed by atoms with Gasteiger partial charge in [-0.1, -0.05) is 116 Å². The van der Waals surface area contributed by atoms with Crippen molar-refractivity contribution in [3.8, 4) is 0 Å².